The van der Waals surface area contributed by atoms with Crippen LogP contribution in [0.25, 0.3) is 61.0 Å². The van der Waals surface area contributed by atoms with Gasteiger partial charge in [0.15, 0.2) is 23.3 Å². The average Bonchev–Trinajstić information content (AvgIpc) is 4.20. The number of hydrogen-bond donors (Lipinski definition) is 0. The Morgan fingerprint density at radius 2 is 1.11 bits per heavy atom. The standard InChI is InChI=1S/C70H62F5N4O.Pt/c1-39(2)43-28-44(40(3)4)30-47(29-43)55-33-49(70(10,11)12)34-56(62-63(71)65(73)67(75)66(74)64(62)72)68(55)78-38-77(58-19-15-16-20-59(58)78)50-31-46(45-26-41(5)25-42(6)27-45)32-52(36-50)80-51-21-22-54-53-17-13-14-18-57(53)79(60(54)37-51)61-35-48(23-24-76-61)69(7,8)9;/h13-35,38-40H,1-12H3;/q-3;. The van der Waals surface area contributed by atoms with E-state index in [1.54, 1.807) is 17.6 Å². The molecule has 0 amide bonds. The number of rotatable bonds is 10. The summed E-state index contributed by atoms with van der Waals surface area (Å²) in [7, 11) is 0. The Morgan fingerprint density at radius 1 is 0.531 bits per heavy atom. The molecule has 416 valence electrons. The van der Waals surface area contributed by atoms with Gasteiger partial charge in [0.25, 0.3) is 0 Å². The third-order valence-electron chi connectivity index (χ3n) is 15.2. The van der Waals surface area contributed by atoms with Crippen molar-refractivity contribution in [3.63, 3.8) is 0 Å². The quantitative estimate of drug-likeness (QED) is 0.0591. The molecule has 5 nitrogen and oxygen atoms in total. The van der Waals surface area contributed by atoms with Crippen LogP contribution in [0, 0.1) is 61.7 Å². The fourth-order valence-electron chi connectivity index (χ4n) is 10.9. The van der Waals surface area contributed by atoms with Crippen molar-refractivity contribution in [3.8, 4) is 50.7 Å². The van der Waals surface area contributed by atoms with Gasteiger partial charge < -0.3 is 19.1 Å². The van der Waals surface area contributed by atoms with Gasteiger partial charge in [-0.3, -0.25) is 0 Å². The van der Waals surface area contributed by atoms with Crippen LogP contribution >= 0.6 is 0 Å². The van der Waals surface area contributed by atoms with Crippen molar-refractivity contribution in [1.29, 1.82) is 0 Å². The first kappa shape index (κ1) is 56.7. The van der Waals surface area contributed by atoms with Crippen LogP contribution in [0.3, 0.4) is 0 Å². The van der Waals surface area contributed by atoms with Gasteiger partial charge in [-0.25, -0.2) is 26.9 Å². The maximum Gasteiger partial charge on any atom is 0.200 e. The molecular weight excluding hydrogens is 1200 g/mol. The van der Waals surface area contributed by atoms with Crippen molar-refractivity contribution in [3.05, 3.63) is 221 Å². The normalized spacial score (nSPS) is 12.8. The molecule has 11 heteroatoms. The number of aromatic nitrogens is 2. The van der Waals surface area contributed by atoms with E-state index in [-0.39, 0.29) is 49.6 Å². The summed E-state index contributed by atoms with van der Waals surface area (Å²) in [5, 5.41) is 2.02. The van der Waals surface area contributed by atoms with E-state index in [1.807, 2.05) is 119 Å². The van der Waals surface area contributed by atoms with Crippen molar-refractivity contribution in [2.24, 2.45) is 0 Å². The molecule has 81 heavy (non-hydrogen) atoms. The van der Waals surface area contributed by atoms with Gasteiger partial charge in [-0.05, 0) is 118 Å². The Kier molecular flexibility index (Phi) is 15.0. The molecule has 0 N–H and O–H groups in total. The van der Waals surface area contributed by atoms with Gasteiger partial charge in [0, 0.05) is 72.5 Å². The minimum atomic E-state index is -2.23. The summed E-state index contributed by atoms with van der Waals surface area (Å²) in [6.07, 6.45) is 1.84. The van der Waals surface area contributed by atoms with Gasteiger partial charge in [-0.1, -0.05) is 153 Å². The van der Waals surface area contributed by atoms with Gasteiger partial charge in [-0.15, -0.1) is 53.6 Å². The Bertz CT molecular complexity index is 4040. The van der Waals surface area contributed by atoms with E-state index in [2.05, 4.69) is 120 Å². The maximum atomic E-state index is 16.7. The van der Waals surface area contributed by atoms with Crippen LogP contribution < -0.4 is 14.5 Å². The first-order chi connectivity index (χ1) is 37.9. The summed E-state index contributed by atoms with van der Waals surface area (Å²) >= 11 is 0. The first-order valence-corrected chi connectivity index (χ1v) is 27.1. The van der Waals surface area contributed by atoms with Crippen molar-refractivity contribution in [1.82, 2.24) is 9.55 Å². The molecule has 11 rings (SSSR count). The number of para-hydroxylation sites is 3. The number of pyridine rings is 1. The van der Waals surface area contributed by atoms with Gasteiger partial charge in [0.2, 0.25) is 5.82 Å². The molecule has 0 bridgehead atoms. The molecule has 0 radical (unpaired) electrons. The number of fused-ring (bicyclic) bond motifs is 4. The summed E-state index contributed by atoms with van der Waals surface area (Å²) in [6.45, 7) is 26.7. The second kappa shape index (κ2) is 21.4. The third-order valence-corrected chi connectivity index (χ3v) is 15.2. The SMILES string of the molecule is Cc1cc(C)cc(-c2cc(Oc3[c-]c4c(cc3)c3ccccc3n4-c3cc(C(C)(C)C)ccn3)[c-]c(N3[CH-]N(c4c(-c5cc(C(C)C)cc(C(C)C)c5)cc(C(C)(C)C)cc4-c4c(F)c(F)c(F)c(F)c4F)c4ccccc43)c2)c1.[Pt]. The van der Waals surface area contributed by atoms with Gasteiger partial charge in [0.05, 0.1) is 5.56 Å². The molecule has 0 saturated heterocycles. The molecule has 1 aliphatic heterocycles. The molecule has 0 fully saturated rings. The molecule has 0 unspecified atom stereocenters. The number of aryl methyl sites for hydroxylation is 2. The van der Waals surface area contributed by atoms with Crippen LogP contribution in [0.4, 0.5) is 44.7 Å². The zero-order valence-corrected chi connectivity index (χ0v) is 49.7. The van der Waals surface area contributed by atoms with Crippen molar-refractivity contribution in [2.45, 2.75) is 106 Å². The molecule has 0 saturated carbocycles. The van der Waals surface area contributed by atoms with Crippen LogP contribution in [-0.2, 0) is 31.9 Å². The molecule has 8 aromatic carbocycles. The molecule has 1 aliphatic rings. The maximum absolute atomic E-state index is 16.7. The predicted molar refractivity (Wildman–Crippen MR) is 315 cm³/mol. The summed E-state index contributed by atoms with van der Waals surface area (Å²) in [6, 6.07) is 51.1. The molecule has 0 atom stereocenters. The second-order valence-electron chi connectivity index (χ2n) is 23.8. The monoisotopic (exact) mass is 1260 g/mol. The molecule has 2 aromatic heterocycles. The van der Waals surface area contributed by atoms with Crippen LogP contribution in [-0.4, -0.2) is 9.55 Å². The van der Waals surface area contributed by atoms with Crippen molar-refractivity contribution in [2.75, 3.05) is 9.80 Å². The number of hydrogen-bond acceptors (Lipinski definition) is 4. The Balaban J connectivity index is 0.00000736. The van der Waals surface area contributed by atoms with Crippen molar-refractivity contribution >= 4 is 44.6 Å². The van der Waals surface area contributed by atoms with E-state index in [1.165, 1.54) is 0 Å². The van der Waals surface area contributed by atoms with Gasteiger partial charge in [0.1, 0.15) is 5.82 Å². The van der Waals surface area contributed by atoms with Crippen LogP contribution in [0.5, 0.6) is 11.5 Å². The van der Waals surface area contributed by atoms with Gasteiger partial charge >= 0.3 is 0 Å². The second-order valence-corrected chi connectivity index (χ2v) is 23.8. The van der Waals surface area contributed by atoms with Crippen LogP contribution in [0.2, 0.25) is 0 Å². The van der Waals surface area contributed by atoms with E-state index in [9.17, 15) is 4.39 Å². The smallest absolute Gasteiger partial charge is 0.200 e. The van der Waals surface area contributed by atoms with Crippen molar-refractivity contribution < 1.29 is 47.8 Å². The Labute approximate surface area is 486 Å². The average molecular weight is 1270 g/mol. The third kappa shape index (κ3) is 10.5. The van der Waals surface area contributed by atoms with E-state index in [0.717, 1.165) is 72.1 Å². The minimum Gasteiger partial charge on any atom is -0.509 e. The summed E-state index contributed by atoms with van der Waals surface area (Å²) in [4.78, 5) is 8.58. The summed E-state index contributed by atoms with van der Waals surface area (Å²) in [5.41, 5.74) is 10.7. The van der Waals surface area contributed by atoms with Gasteiger partial charge in [-0.2, -0.15) is 6.07 Å². The summed E-state index contributed by atoms with van der Waals surface area (Å²) < 4.78 is 88.8. The fraction of sp³-hybridized carbons (Fsp3) is 0.229. The largest absolute Gasteiger partial charge is 0.509 e. The predicted octanol–water partition coefficient (Wildman–Crippen LogP) is 20.1. The zero-order chi connectivity index (χ0) is 56.9. The first-order valence-electron chi connectivity index (χ1n) is 27.1. The van der Waals surface area contributed by atoms with Crippen LogP contribution in [0.15, 0.2) is 140 Å². The van der Waals surface area contributed by atoms with E-state index in [0.29, 0.717) is 39.7 Å². The number of anilines is 4. The number of ether oxygens (including phenoxy) is 1. The number of nitrogens with zero attached hydrogens (tertiary/aromatic N) is 4. The van der Waals surface area contributed by atoms with Crippen LogP contribution in [0.1, 0.15) is 114 Å². The Morgan fingerprint density at radius 3 is 1.74 bits per heavy atom. The fourth-order valence-corrected chi connectivity index (χ4v) is 10.9. The topological polar surface area (TPSA) is 33.5 Å². The number of benzene rings is 8. The number of halogens is 5. The minimum absolute atomic E-state index is 0. The van der Waals surface area contributed by atoms with E-state index in [4.69, 9.17) is 9.72 Å². The Hall–Kier alpha value is -7.55. The van der Waals surface area contributed by atoms with E-state index >= 15 is 17.6 Å². The molecule has 3 heterocycles. The molecule has 0 spiro atoms. The molecule has 10 aromatic rings. The zero-order valence-electron chi connectivity index (χ0n) is 47.4. The van der Waals surface area contributed by atoms with E-state index < -0.39 is 40.1 Å². The summed E-state index contributed by atoms with van der Waals surface area (Å²) in [5.74, 6) is -8.40. The molecular formula is C70H62F5N4OPt-3. The molecule has 0 aliphatic carbocycles.